The third-order valence-electron chi connectivity index (χ3n) is 6.94. The van der Waals surface area contributed by atoms with Crippen LogP contribution in [-0.4, -0.2) is 23.9 Å². The Balaban J connectivity index is 0.000000377. The van der Waals surface area contributed by atoms with Crippen LogP contribution in [0.2, 0.25) is 19.6 Å². The Hall–Kier alpha value is -2.85. The van der Waals surface area contributed by atoms with Gasteiger partial charge in [-0.05, 0) is 28.3 Å². The number of aromatic nitrogens is 1. The van der Waals surface area contributed by atoms with Gasteiger partial charge < -0.3 is 5.11 Å². The summed E-state index contributed by atoms with van der Waals surface area (Å²) in [6.07, 6.45) is 1.33. The first-order valence-electron chi connectivity index (χ1n) is 14.3. The zero-order valence-corrected chi connectivity index (χ0v) is 30.5. The number of aliphatic hydroxyl groups excluding tert-OH is 1. The smallest absolute Gasteiger partial charge is 0.164 e. The summed E-state index contributed by atoms with van der Waals surface area (Å²) < 4.78 is 0. The number of hydrogen-bond acceptors (Lipinski definition) is 3. The van der Waals surface area contributed by atoms with Gasteiger partial charge in [0.15, 0.2) is 5.78 Å². The van der Waals surface area contributed by atoms with E-state index in [-0.39, 0.29) is 37.1 Å². The monoisotopic (exact) mass is 757 g/mol. The molecule has 0 aliphatic heterocycles. The summed E-state index contributed by atoms with van der Waals surface area (Å²) in [7, 11) is -1.37. The van der Waals surface area contributed by atoms with Crippen LogP contribution in [0.15, 0.2) is 78.6 Å². The second kappa shape index (κ2) is 13.6. The summed E-state index contributed by atoms with van der Waals surface area (Å²) in [6.45, 7) is 22.5. The number of benzene rings is 3. The van der Waals surface area contributed by atoms with Crippen molar-refractivity contribution in [2.75, 3.05) is 0 Å². The summed E-state index contributed by atoms with van der Waals surface area (Å²) in [5.41, 5.74) is 7.09. The third-order valence-corrected chi connectivity index (χ3v) is 8.99. The molecular weight excluding hydrogens is 711 g/mol. The molecule has 0 unspecified atom stereocenters. The molecule has 0 amide bonds. The van der Waals surface area contributed by atoms with Crippen LogP contribution in [-0.2, 0) is 24.9 Å². The molecule has 1 N–H and O–H groups in total. The number of carbonyl (C=O) groups excluding carboxylic acids is 1. The molecule has 5 heteroatoms. The average molecular weight is 757 g/mol. The molecule has 0 spiro atoms. The molecule has 0 bridgehead atoms. The van der Waals surface area contributed by atoms with Crippen LogP contribution in [0.5, 0.6) is 0 Å². The van der Waals surface area contributed by atoms with Crippen molar-refractivity contribution in [3.63, 3.8) is 0 Å². The summed E-state index contributed by atoms with van der Waals surface area (Å²) in [5, 5.41) is 12.2. The van der Waals surface area contributed by atoms with Crippen LogP contribution >= 0.6 is 0 Å². The summed E-state index contributed by atoms with van der Waals surface area (Å²) >= 11 is 0. The number of nitrogens with zero attached hydrogens (tertiary/aromatic N) is 1. The number of pyridine rings is 1. The molecule has 0 fully saturated rings. The largest absolute Gasteiger partial charge is 0.512 e. The van der Waals surface area contributed by atoms with Crippen molar-refractivity contribution < 1.29 is 30.0 Å². The second-order valence-electron chi connectivity index (χ2n) is 14.1. The van der Waals surface area contributed by atoms with Gasteiger partial charge in [-0.25, -0.2) is 0 Å². The number of ketones is 1. The van der Waals surface area contributed by atoms with E-state index in [0.29, 0.717) is 0 Å². The molecule has 4 aromatic rings. The quantitative estimate of drug-likeness (QED) is 0.0977. The molecule has 0 atom stereocenters. The van der Waals surface area contributed by atoms with Crippen LogP contribution in [0.25, 0.3) is 33.3 Å². The predicted molar refractivity (Wildman–Crippen MR) is 179 cm³/mol. The van der Waals surface area contributed by atoms with E-state index < -0.39 is 13.5 Å². The minimum Gasteiger partial charge on any atom is -0.512 e. The van der Waals surface area contributed by atoms with Crippen molar-refractivity contribution >= 4 is 29.9 Å². The van der Waals surface area contributed by atoms with Crippen molar-refractivity contribution in [3.05, 3.63) is 95.8 Å². The van der Waals surface area contributed by atoms with Crippen molar-refractivity contribution in [2.45, 2.75) is 75.0 Å². The van der Waals surface area contributed by atoms with Gasteiger partial charge in [-0.3, -0.25) is 9.78 Å². The first kappa shape index (κ1) is 35.3. The number of aryl methyl sites for hydroxylation is 2. The van der Waals surface area contributed by atoms with Gasteiger partial charge in [0.05, 0.1) is 13.6 Å². The zero-order valence-electron chi connectivity index (χ0n) is 27.1. The number of fused-ring (bicyclic) bond motifs is 1. The van der Waals surface area contributed by atoms with Crippen LogP contribution in [0.1, 0.15) is 52.7 Å². The summed E-state index contributed by atoms with van der Waals surface area (Å²) in [6, 6.07) is 27.5. The first-order chi connectivity index (χ1) is 18.9. The van der Waals surface area contributed by atoms with E-state index in [9.17, 15) is 9.90 Å². The van der Waals surface area contributed by atoms with Gasteiger partial charge in [-0.1, -0.05) is 129 Å². The number of rotatable bonds is 4. The Morgan fingerprint density at radius 3 is 2.00 bits per heavy atom. The molecule has 3 nitrogen and oxygen atoms in total. The Labute approximate surface area is 267 Å². The van der Waals surface area contributed by atoms with Crippen LogP contribution in [0.4, 0.5) is 0 Å². The molecule has 225 valence electrons. The maximum atomic E-state index is 11.5. The van der Waals surface area contributed by atoms with E-state index in [1.807, 2.05) is 41.5 Å². The van der Waals surface area contributed by atoms with Crippen LogP contribution in [0.3, 0.4) is 0 Å². The van der Waals surface area contributed by atoms with Gasteiger partial charge in [-0.2, -0.15) is 0 Å². The Bertz CT molecular complexity index is 1550. The maximum Gasteiger partial charge on any atom is 0.164 e. The minimum absolute atomic E-state index is 0. The van der Waals surface area contributed by atoms with Gasteiger partial charge in [-0.15, -0.1) is 34.9 Å². The molecule has 1 radical (unpaired) electrons. The van der Waals surface area contributed by atoms with E-state index in [1.165, 1.54) is 33.3 Å². The molecule has 0 aliphatic rings. The van der Waals surface area contributed by atoms with Gasteiger partial charge in [0.1, 0.15) is 5.76 Å². The van der Waals surface area contributed by atoms with E-state index in [1.54, 1.807) is 0 Å². The number of aliphatic hydroxyl groups is 1. The Kier molecular flexibility index (Phi) is 11.5. The minimum atomic E-state index is -1.37. The Morgan fingerprint density at radius 1 is 0.857 bits per heavy atom. The fourth-order valence-electron chi connectivity index (χ4n) is 4.27. The van der Waals surface area contributed by atoms with Crippen LogP contribution < -0.4 is 5.19 Å². The predicted octanol–water partition coefficient (Wildman–Crippen LogP) is 9.62. The zero-order chi connectivity index (χ0) is 30.8. The molecule has 42 heavy (non-hydrogen) atoms. The summed E-state index contributed by atoms with van der Waals surface area (Å²) in [5.74, 6) is 0.104. The van der Waals surface area contributed by atoms with E-state index in [2.05, 4.69) is 106 Å². The molecule has 0 saturated heterocycles. The average Bonchev–Trinajstić information content (AvgIpc) is 2.86. The van der Waals surface area contributed by atoms with Crippen molar-refractivity contribution in [1.29, 1.82) is 0 Å². The second-order valence-corrected chi connectivity index (χ2v) is 19.1. The summed E-state index contributed by atoms with van der Waals surface area (Å²) in [4.78, 5) is 16.6. The topological polar surface area (TPSA) is 50.2 Å². The van der Waals surface area contributed by atoms with E-state index in [0.717, 1.165) is 22.3 Å². The van der Waals surface area contributed by atoms with Gasteiger partial charge in [0.25, 0.3) is 0 Å². The third kappa shape index (κ3) is 9.32. The molecule has 0 aliphatic carbocycles. The SMILES string of the molecule is CC(C)(C)C(=O)/C=C(\O)C(C)(C)C.Cc1[c-]c(-c2nc3ccc([Si](C)(C)C)cc3cc2-c2ccccc2)cc(C)c1.[Ir]. The van der Waals surface area contributed by atoms with E-state index in [4.69, 9.17) is 4.98 Å². The van der Waals surface area contributed by atoms with Crippen molar-refractivity contribution in [3.8, 4) is 22.4 Å². The Morgan fingerprint density at radius 2 is 1.48 bits per heavy atom. The molecule has 0 saturated carbocycles. The number of carbonyl (C=O) groups is 1. The normalized spacial score (nSPS) is 12.3. The molecule has 1 heterocycles. The number of allylic oxidation sites excluding steroid dienone is 2. The molecular formula is C37H46IrNO2Si-. The van der Waals surface area contributed by atoms with E-state index >= 15 is 0 Å². The maximum absolute atomic E-state index is 11.5. The fraction of sp³-hybridized carbons (Fsp3) is 0.351. The first-order valence-corrected chi connectivity index (χ1v) is 17.8. The fourth-order valence-corrected chi connectivity index (χ4v) is 5.44. The van der Waals surface area contributed by atoms with Crippen molar-refractivity contribution in [2.24, 2.45) is 10.8 Å². The van der Waals surface area contributed by atoms with Crippen molar-refractivity contribution in [1.82, 2.24) is 4.98 Å². The molecule has 4 rings (SSSR count). The molecule has 3 aromatic carbocycles. The van der Waals surface area contributed by atoms with Gasteiger partial charge in [0.2, 0.25) is 0 Å². The standard InChI is InChI=1S/C26H26NSi.C11H20O2.Ir/c1-18-13-19(2)15-22(14-18)26-24(20-9-7-6-8-10-20)17-21-16-23(28(3,4)5)11-12-25(21)27-26;1-10(2,3)8(12)7-9(13)11(4,5)6;/h6-14,16-17H,1-5H3;7,12H,1-6H3;/q-1;;/b;8-7-;. The van der Waals surface area contributed by atoms with Crippen LogP contribution in [0, 0.1) is 30.7 Å². The molecule has 1 aromatic heterocycles. The number of hydrogen-bond donors (Lipinski definition) is 1. The van der Waals surface area contributed by atoms with Gasteiger partial charge >= 0.3 is 0 Å². The van der Waals surface area contributed by atoms with Gasteiger partial charge in [0, 0.05) is 37.0 Å².